The van der Waals surface area contributed by atoms with Crippen molar-refractivity contribution in [1.82, 2.24) is 5.32 Å². The lowest BCUT2D eigenvalue weighted by Crippen LogP contribution is -2.33. The molecule has 0 aromatic heterocycles. The number of hydrogen-bond donors (Lipinski definition) is 1. The van der Waals surface area contributed by atoms with E-state index in [4.69, 9.17) is 4.74 Å². The molecule has 1 aliphatic heterocycles. The van der Waals surface area contributed by atoms with Crippen LogP contribution in [0.3, 0.4) is 0 Å². The smallest absolute Gasteiger partial charge is 0.0507 e. The predicted molar refractivity (Wildman–Crippen MR) is 53.7 cm³/mol. The molecule has 2 atom stereocenters. The maximum absolute atomic E-state index is 5.34. The van der Waals surface area contributed by atoms with Gasteiger partial charge in [0.05, 0.1) is 6.61 Å². The highest BCUT2D eigenvalue weighted by Gasteiger charge is 2.16. The SMILES string of the molecule is C1=CC(NCC2CCOC2)CCC1. The molecular weight excluding hydrogens is 162 g/mol. The van der Waals surface area contributed by atoms with Crippen molar-refractivity contribution in [2.24, 2.45) is 5.92 Å². The van der Waals surface area contributed by atoms with Crippen molar-refractivity contribution < 1.29 is 4.74 Å². The molecule has 2 nitrogen and oxygen atoms in total. The molecule has 0 aromatic carbocycles. The molecule has 0 spiro atoms. The molecule has 2 unspecified atom stereocenters. The van der Waals surface area contributed by atoms with Gasteiger partial charge in [0.2, 0.25) is 0 Å². The maximum atomic E-state index is 5.34. The lowest BCUT2D eigenvalue weighted by atomic mass is 10.0. The van der Waals surface area contributed by atoms with Crippen LogP contribution in [0.5, 0.6) is 0 Å². The van der Waals surface area contributed by atoms with Crippen molar-refractivity contribution >= 4 is 0 Å². The third kappa shape index (κ3) is 2.82. The standard InChI is InChI=1S/C11H19NO/c1-2-4-11(5-3-1)12-8-10-6-7-13-9-10/h2,4,10-12H,1,3,5-9H2. The van der Waals surface area contributed by atoms with Crippen LogP contribution in [-0.4, -0.2) is 25.8 Å². The van der Waals surface area contributed by atoms with E-state index in [-0.39, 0.29) is 0 Å². The molecule has 0 amide bonds. The minimum absolute atomic E-state index is 0.634. The summed E-state index contributed by atoms with van der Waals surface area (Å²) in [6, 6.07) is 0.634. The first kappa shape index (κ1) is 9.22. The van der Waals surface area contributed by atoms with Gasteiger partial charge < -0.3 is 10.1 Å². The second-order valence-corrected chi connectivity index (χ2v) is 4.10. The van der Waals surface area contributed by atoms with Crippen molar-refractivity contribution in [2.75, 3.05) is 19.8 Å². The van der Waals surface area contributed by atoms with Crippen LogP contribution in [0, 0.1) is 5.92 Å². The van der Waals surface area contributed by atoms with Crippen molar-refractivity contribution in [3.8, 4) is 0 Å². The molecule has 0 bridgehead atoms. The second kappa shape index (κ2) is 4.77. The van der Waals surface area contributed by atoms with Gasteiger partial charge in [-0.1, -0.05) is 12.2 Å². The zero-order valence-electron chi connectivity index (χ0n) is 8.17. The molecule has 1 fully saturated rings. The van der Waals surface area contributed by atoms with Crippen LogP contribution in [0.25, 0.3) is 0 Å². The lowest BCUT2D eigenvalue weighted by molar-refractivity contribution is 0.185. The largest absolute Gasteiger partial charge is 0.381 e. The Kier molecular flexibility index (Phi) is 3.39. The summed E-state index contributed by atoms with van der Waals surface area (Å²) in [6.07, 6.45) is 9.78. The van der Waals surface area contributed by atoms with Crippen molar-refractivity contribution in [1.29, 1.82) is 0 Å². The Morgan fingerprint density at radius 1 is 1.38 bits per heavy atom. The minimum atomic E-state index is 0.634. The second-order valence-electron chi connectivity index (χ2n) is 4.10. The molecule has 2 heteroatoms. The summed E-state index contributed by atoms with van der Waals surface area (Å²) in [4.78, 5) is 0. The highest BCUT2D eigenvalue weighted by Crippen LogP contribution is 2.13. The monoisotopic (exact) mass is 181 g/mol. The lowest BCUT2D eigenvalue weighted by Gasteiger charge is -2.19. The minimum Gasteiger partial charge on any atom is -0.381 e. The predicted octanol–water partition coefficient (Wildman–Crippen LogP) is 1.72. The Morgan fingerprint density at radius 2 is 2.38 bits per heavy atom. The van der Waals surface area contributed by atoms with Gasteiger partial charge in [-0.05, 0) is 31.6 Å². The Bertz CT molecular complexity index is 173. The first-order valence-corrected chi connectivity index (χ1v) is 5.43. The van der Waals surface area contributed by atoms with Crippen LogP contribution >= 0.6 is 0 Å². The molecule has 1 N–H and O–H groups in total. The Labute approximate surface area is 80.4 Å². The van der Waals surface area contributed by atoms with Crippen molar-refractivity contribution in [2.45, 2.75) is 31.7 Å². The van der Waals surface area contributed by atoms with Crippen LogP contribution in [-0.2, 0) is 4.74 Å². The van der Waals surface area contributed by atoms with Gasteiger partial charge in [-0.25, -0.2) is 0 Å². The van der Waals surface area contributed by atoms with Crippen LogP contribution < -0.4 is 5.32 Å². The van der Waals surface area contributed by atoms with Crippen LogP contribution in [0.15, 0.2) is 12.2 Å². The molecule has 1 heterocycles. The fourth-order valence-electron chi connectivity index (χ4n) is 2.04. The molecule has 13 heavy (non-hydrogen) atoms. The summed E-state index contributed by atoms with van der Waals surface area (Å²) in [7, 11) is 0. The maximum Gasteiger partial charge on any atom is 0.0507 e. The van der Waals surface area contributed by atoms with Gasteiger partial charge in [-0.3, -0.25) is 0 Å². The molecule has 2 rings (SSSR count). The topological polar surface area (TPSA) is 21.3 Å². The highest BCUT2D eigenvalue weighted by molar-refractivity contribution is 4.97. The van der Waals surface area contributed by atoms with Gasteiger partial charge in [0.25, 0.3) is 0 Å². The molecule has 0 radical (unpaired) electrons. The molecule has 2 aliphatic rings. The van der Waals surface area contributed by atoms with Crippen LogP contribution in [0.2, 0.25) is 0 Å². The summed E-state index contributed by atoms with van der Waals surface area (Å²) in [5.41, 5.74) is 0. The first-order valence-electron chi connectivity index (χ1n) is 5.43. The van der Waals surface area contributed by atoms with Gasteiger partial charge in [-0.2, -0.15) is 0 Å². The molecule has 1 aliphatic carbocycles. The quantitative estimate of drug-likeness (QED) is 0.669. The van der Waals surface area contributed by atoms with Gasteiger partial charge in [0.15, 0.2) is 0 Å². The number of nitrogens with one attached hydrogen (secondary N) is 1. The number of rotatable bonds is 3. The van der Waals surface area contributed by atoms with Gasteiger partial charge >= 0.3 is 0 Å². The van der Waals surface area contributed by atoms with Gasteiger partial charge in [0, 0.05) is 19.2 Å². The van der Waals surface area contributed by atoms with E-state index in [9.17, 15) is 0 Å². The van der Waals surface area contributed by atoms with Crippen molar-refractivity contribution in [3.05, 3.63) is 12.2 Å². The highest BCUT2D eigenvalue weighted by atomic mass is 16.5. The fraction of sp³-hybridized carbons (Fsp3) is 0.818. The van der Waals surface area contributed by atoms with E-state index < -0.39 is 0 Å². The average molecular weight is 181 g/mol. The van der Waals surface area contributed by atoms with Crippen LogP contribution in [0.4, 0.5) is 0 Å². The molecule has 0 aromatic rings. The number of allylic oxidation sites excluding steroid dienone is 1. The molecule has 0 saturated carbocycles. The molecule has 74 valence electrons. The van der Waals surface area contributed by atoms with E-state index >= 15 is 0 Å². The van der Waals surface area contributed by atoms with E-state index in [0.717, 1.165) is 25.7 Å². The van der Waals surface area contributed by atoms with Gasteiger partial charge in [-0.15, -0.1) is 0 Å². The first-order chi connectivity index (χ1) is 6.45. The Morgan fingerprint density at radius 3 is 3.08 bits per heavy atom. The summed E-state index contributed by atoms with van der Waals surface area (Å²) >= 11 is 0. The summed E-state index contributed by atoms with van der Waals surface area (Å²) in [6.45, 7) is 3.06. The summed E-state index contributed by atoms with van der Waals surface area (Å²) in [5.74, 6) is 0.760. The van der Waals surface area contributed by atoms with Gasteiger partial charge in [0.1, 0.15) is 0 Å². The Balaban J connectivity index is 1.66. The third-order valence-electron chi connectivity index (χ3n) is 2.95. The zero-order valence-corrected chi connectivity index (χ0v) is 8.17. The van der Waals surface area contributed by atoms with E-state index in [1.165, 1.54) is 25.7 Å². The average Bonchev–Trinajstić information content (AvgIpc) is 2.69. The zero-order chi connectivity index (χ0) is 8.93. The van der Waals surface area contributed by atoms with E-state index in [1.54, 1.807) is 0 Å². The summed E-state index contributed by atoms with van der Waals surface area (Å²) in [5, 5.41) is 3.60. The number of ether oxygens (including phenoxy) is 1. The van der Waals surface area contributed by atoms with E-state index in [0.29, 0.717) is 6.04 Å². The van der Waals surface area contributed by atoms with Crippen LogP contribution in [0.1, 0.15) is 25.7 Å². The summed E-state index contributed by atoms with van der Waals surface area (Å²) < 4.78 is 5.34. The van der Waals surface area contributed by atoms with E-state index in [1.807, 2.05) is 0 Å². The Hall–Kier alpha value is -0.340. The third-order valence-corrected chi connectivity index (χ3v) is 2.95. The molecule has 1 saturated heterocycles. The normalized spacial score (nSPS) is 33.8. The van der Waals surface area contributed by atoms with Crippen molar-refractivity contribution in [3.63, 3.8) is 0 Å². The molecular formula is C11H19NO. The van der Waals surface area contributed by atoms with E-state index in [2.05, 4.69) is 17.5 Å². The number of hydrogen-bond acceptors (Lipinski definition) is 2. The fourth-order valence-corrected chi connectivity index (χ4v) is 2.04.